The fraction of sp³-hybridized carbons (Fsp3) is 0.235. The number of benzene rings is 2. The Morgan fingerprint density at radius 3 is 2.52 bits per heavy atom. The van der Waals surface area contributed by atoms with E-state index in [9.17, 15) is 4.79 Å². The fourth-order valence-electron chi connectivity index (χ4n) is 1.96. The second-order valence-corrected chi connectivity index (χ2v) is 5.59. The third-order valence-electron chi connectivity index (χ3n) is 2.95. The molecule has 0 atom stereocenters. The van der Waals surface area contributed by atoms with Gasteiger partial charge in [-0.15, -0.1) is 11.8 Å². The lowest BCUT2D eigenvalue weighted by Crippen LogP contribution is -1.99. The zero-order valence-electron chi connectivity index (χ0n) is 11.9. The molecule has 0 amide bonds. The van der Waals surface area contributed by atoms with Gasteiger partial charge in [0.2, 0.25) is 0 Å². The van der Waals surface area contributed by atoms with Crippen molar-refractivity contribution in [3.8, 4) is 5.75 Å². The summed E-state index contributed by atoms with van der Waals surface area (Å²) in [7, 11) is 0. The van der Waals surface area contributed by atoms with Gasteiger partial charge in [0.25, 0.3) is 0 Å². The number of carbonyl (C=O) groups is 1. The van der Waals surface area contributed by atoms with Crippen molar-refractivity contribution in [3.63, 3.8) is 0 Å². The Balaban J connectivity index is 1.98. The standard InChI is InChI=1S/C17H18O3S/c1-2-20-16-6-4-3-5-14(16)12-21-15-9-7-13(8-10-15)11-17(18)19/h3-10H,2,11-12H2,1H3,(H,18,19). The Hall–Kier alpha value is -1.94. The third-order valence-corrected chi connectivity index (χ3v) is 4.01. The van der Waals surface area contributed by atoms with Gasteiger partial charge in [0.15, 0.2) is 0 Å². The predicted molar refractivity (Wildman–Crippen MR) is 85.0 cm³/mol. The smallest absolute Gasteiger partial charge is 0.307 e. The van der Waals surface area contributed by atoms with Gasteiger partial charge in [0.05, 0.1) is 13.0 Å². The van der Waals surface area contributed by atoms with Crippen LogP contribution in [0.2, 0.25) is 0 Å². The molecule has 0 spiro atoms. The zero-order valence-corrected chi connectivity index (χ0v) is 12.7. The fourth-order valence-corrected chi connectivity index (χ4v) is 2.85. The maximum atomic E-state index is 10.6. The van der Waals surface area contributed by atoms with Gasteiger partial charge in [-0.1, -0.05) is 30.3 Å². The third kappa shape index (κ3) is 4.83. The van der Waals surface area contributed by atoms with E-state index in [1.54, 1.807) is 11.8 Å². The molecule has 0 saturated heterocycles. The van der Waals surface area contributed by atoms with Gasteiger partial charge < -0.3 is 9.84 Å². The molecule has 110 valence electrons. The molecule has 0 aliphatic heterocycles. The van der Waals surface area contributed by atoms with Crippen LogP contribution in [0.5, 0.6) is 5.75 Å². The second kappa shape index (κ2) is 7.74. The molecule has 0 saturated carbocycles. The Morgan fingerprint density at radius 2 is 1.86 bits per heavy atom. The van der Waals surface area contributed by atoms with Crippen LogP contribution in [0.1, 0.15) is 18.1 Å². The SMILES string of the molecule is CCOc1ccccc1CSc1ccc(CC(=O)O)cc1. The lowest BCUT2D eigenvalue weighted by Gasteiger charge is -2.09. The zero-order chi connectivity index (χ0) is 15.1. The van der Waals surface area contributed by atoms with Crippen molar-refractivity contribution in [3.05, 3.63) is 59.7 Å². The number of hydrogen-bond donors (Lipinski definition) is 1. The number of carboxylic acid groups (broad SMARTS) is 1. The van der Waals surface area contributed by atoms with E-state index in [1.165, 1.54) is 5.56 Å². The summed E-state index contributed by atoms with van der Waals surface area (Å²) in [5.74, 6) is 0.949. The van der Waals surface area contributed by atoms with E-state index in [2.05, 4.69) is 6.07 Å². The quantitative estimate of drug-likeness (QED) is 0.785. The van der Waals surface area contributed by atoms with Crippen molar-refractivity contribution in [1.82, 2.24) is 0 Å². The van der Waals surface area contributed by atoms with Crippen molar-refractivity contribution in [2.24, 2.45) is 0 Å². The van der Waals surface area contributed by atoms with Crippen LogP contribution >= 0.6 is 11.8 Å². The van der Waals surface area contributed by atoms with Gasteiger partial charge in [-0.3, -0.25) is 4.79 Å². The predicted octanol–water partition coefficient (Wildman–Crippen LogP) is 4.00. The van der Waals surface area contributed by atoms with Gasteiger partial charge in [-0.05, 0) is 30.7 Å². The Kier molecular flexibility index (Phi) is 5.69. The van der Waals surface area contributed by atoms with E-state index in [4.69, 9.17) is 9.84 Å². The maximum absolute atomic E-state index is 10.6. The number of thioether (sulfide) groups is 1. The second-order valence-electron chi connectivity index (χ2n) is 4.54. The summed E-state index contributed by atoms with van der Waals surface area (Å²) < 4.78 is 5.61. The van der Waals surface area contributed by atoms with E-state index in [0.717, 1.165) is 22.0 Å². The molecule has 0 bridgehead atoms. The normalized spacial score (nSPS) is 10.3. The molecule has 2 aromatic rings. The Labute approximate surface area is 129 Å². The molecule has 0 radical (unpaired) electrons. The number of ether oxygens (including phenoxy) is 1. The number of hydrogen-bond acceptors (Lipinski definition) is 3. The molecular formula is C17H18O3S. The van der Waals surface area contributed by atoms with Crippen molar-refractivity contribution in [2.75, 3.05) is 6.61 Å². The molecule has 0 aliphatic carbocycles. The van der Waals surface area contributed by atoms with Crippen LogP contribution in [0.15, 0.2) is 53.4 Å². The highest BCUT2D eigenvalue weighted by molar-refractivity contribution is 7.98. The van der Waals surface area contributed by atoms with Gasteiger partial charge >= 0.3 is 5.97 Å². The first-order valence-electron chi connectivity index (χ1n) is 6.83. The van der Waals surface area contributed by atoms with Gasteiger partial charge in [0.1, 0.15) is 5.75 Å². The molecule has 0 aliphatic rings. The first kappa shape index (κ1) is 15.4. The highest BCUT2D eigenvalue weighted by Gasteiger charge is 2.04. The number of rotatable bonds is 7. The minimum Gasteiger partial charge on any atom is -0.494 e. The lowest BCUT2D eigenvalue weighted by molar-refractivity contribution is -0.136. The molecule has 0 aromatic heterocycles. The van der Waals surface area contributed by atoms with Gasteiger partial charge in [-0.2, -0.15) is 0 Å². The van der Waals surface area contributed by atoms with Crippen molar-refractivity contribution < 1.29 is 14.6 Å². The highest BCUT2D eigenvalue weighted by atomic mass is 32.2. The van der Waals surface area contributed by atoms with Crippen LogP contribution in [0.4, 0.5) is 0 Å². The summed E-state index contributed by atoms with van der Waals surface area (Å²) >= 11 is 1.71. The van der Waals surface area contributed by atoms with E-state index < -0.39 is 5.97 Å². The lowest BCUT2D eigenvalue weighted by atomic mass is 10.2. The molecule has 0 fully saturated rings. The number of carboxylic acids is 1. The average Bonchev–Trinajstić information content (AvgIpc) is 2.48. The molecule has 3 nitrogen and oxygen atoms in total. The minimum atomic E-state index is -0.805. The van der Waals surface area contributed by atoms with E-state index in [-0.39, 0.29) is 6.42 Å². The summed E-state index contributed by atoms with van der Waals surface area (Å²) in [6.45, 7) is 2.64. The van der Waals surface area contributed by atoms with Crippen LogP contribution in [-0.2, 0) is 17.0 Å². The first-order valence-corrected chi connectivity index (χ1v) is 7.82. The number of para-hydroxylation sites is 1. The average molecular weight is 302 g/mol. The van der Waals surface area contributed by atoms with Crippen molar-refractivity contribution in [2.45, 2.75) is 24.0 Å². The van der Waals surface area contributed by atoms with Crippen LogP contribution in [0, 0.1) is 0 Å². The van der Waals surface area contributed by atoms with Crippen molar-refractivity contribution >= 4 is 17.7 Å². The van der Waals surface area contributed by atoms with Crippen LogP contribution < -0.4 is 4.74 Å². The summed E-state index contributed by atoms with van der Waals surface area (Å²) in [5, 5.41) is 8.75. The summed E-state index contributed by atoms with van der Waals surface area (Å²) in [6, 6.07) is 15.7. The molecule has 4 heteroatoms. The van der Waals surface area contributed by atoms with Gasteiger partial charge in [0, 0.05) is 16.2 Å². The topological polar surface area (TPSA) is 46.5 Å². The number of aliphatic carboxylic acids is 1. The maximum Gasteiger partial charge on any atom is 0.307 e. The first-order chi connectivity index (χ1) is 10.2. The highest BCUT2D eigenvalue weighted by Crippen LogP contribution is 2.28. The molecule has 2 aromatic carbocycles. The Bertz CT molecular complexity index is 593. The summed E-state index contributed by atoms with van der Waals surface area (Å²) in [5.41, 5.74) is 1.99. The molecule has 21 heavy (non-hydrogen) atoms. The molecular weight excluding hydrogens is 284 g/mol. The van der Waals surface area contributed by atoms with Crippen LogP contribution in [0.25, 0.3) is 0 Å². The van der Waals surface area contributed by atoms with Gasteiger partial charge in [-0.25, -0.2) is 0 Å². The van der Waals surface area contributed by atoms with Crippen molar-refractivity contribution in [1.29, 1.82) is 0 Å². The van der Waals surface area contributed by atoms with Crippen LogP contribution in [-0.4, -0.2) is 17.7 Å². The van der Waals surface area contributed by atoms with Crippen LogP contribution in [0.3, 0.4) is 0 Å². The summed E-state index contributed by atoms with van der Waals surface area (Å²) in [6.07, 6.45) is 0.0676. The molecule has 0 unspecified atom stereocenters. The largest absolute Gasteiger partial charge is 0.494 e. The summed E-state index contributed by atoms with van der Waals surface area (Å²) in [4.78, 5) is 11.8. The van der Waals surface area contributed by atoms with E-state index >= 15 is 0 Å². The monoisotopic (exact) mass is 302 g/mol. The Morgan fingerprint density at radius 1 is 1.14 bits per heavy atom. The van der Waals surface area contributed by atoms with E-state index in [0.29, 0.717) is 6.61 Å². The van der Waals surface area contributed by atoms with E-state index in [1.807, 2.05) is 49.4 Å². The molecule has 1 N–H and O–H groups in total. The molecule has 2 rings (SSSR count). The minimum absolute atomic E-state index is 0.0676. The molecule has 0 heterocycles.